The van der Waals surface area contributed by atoms with E-state index in [9.17, 15) is 20.2 Å². The number of nitriles is 2. The van der Waals surface area contributed by atoms with Crippen LogP contribution in [0.25, 0.3) is 0 Å². The van der Waals surface area contributed by atoms with Gasteiger partial charge in [-0.2, -0.15) is 10.5 Å². The molecule has 0 saturated carbocycles. The van der Waals surface area contributed by atoms with Gasteiger partial charge in [-0.1, -0.05) is 0 Å². The van der Waals surface area contributed by atoms with Crippen LogP contribution in [0.15, 0.2) is 0 Å². The summed E-state index contributed by atoms with van der Waals surface area (Å²) in [4.78, 5) is 18.3. The van der Waals surface area contributed by atoms with Crippen LogP contribution in [0.2, 0.25) is 0 Å². The summed E-state index contributed by atoms with van der Waals surface area (Å²) in [5, 5.41) is 81.7. The Balaban J connectivity index is -0.000000310. The van der Waals surface area contributed by atoms with Crippen LogP contribution in [0.5, 0.6) is 0 Å². The SMILES string of the molecule is N#CSCSC#N.O=[N+]([O-])C(Br)(CO)CO.O=[N+]([O-])C(CO)(CO)CO. The smallest absolute Gasteiger partial charge is 0.319 e. The molecule has 0 unspecified atom stereocenters. The van der Waals surface area contributed by atoms with E-state index in [1.54, 1.807) is 0 Å². The zero-order valence-electron chi connectivity index (χ0n) is 13.1. The molecule has 0 saturated heterocycles. The molecule has 13 nitrogen and oxygen atoms in total. The minimum Gasteiger partial charge on any atom is -0.389 e. The van der Waals surface area contributed by atoms with Crippen LogP contribution < -0.4 is 0 Å². The van der Waals surface area contributed by atoms with Crippen molar-refractivity contribution in [1.29, 1.82) is 10.5 Å². The second-order valence-electron chi connectivity index (χ2n) is 4.04. The zero-order chi connectivity index (χ0) is 21.2. The van der Waals surface area contributed by atoms with E-state index in [2.05, 4.69) is 15.9 Å². The molecular weight excluding hydrogens is 464 g/mol. The number of halogens is 1. The van der Waals surface area contributed by atoms with Crippen molar-refractivity contribution in [3.8, 4) is 10.8 Å². The number of alkyl halides is 1. The fourth-order valence-corrected chi connectivity index (χ4v) is 1.23. The van der Waals surface area contributed by atoms with Crippen LogP contribution in [-0.2, 0) is 0 Å². The van der Waals surface area contributed by atoms with Gasteiger partial charge in [-0.05, 0) is 23.5 Å². The van der Waals surface area contributed by atoms with Crippen LogP contribution >= 0.6 is 39.5 Å². The predicted octanol–water partition coefficient (Wildman–Crippen LogP) is -1.31. The van der Waals surface area contributed by atoms with E-state index >= 15 is 0 Å². The first-order chi connectivity index (χ1) is 12.1. The zero-order valence-corrected chi connectivity index (χ0v) is 16.3. The molecule has 0 aromatic heterocycles. The standard InChI is InChI=1S/C4H9NO5.C3H6BrNO4.C3H2N2S2/c6-1-4(2-7,3-8)5(9)10;4-3(1-6,2-7)5(8)9;4-1-6-3-7-2-5/h6-8H,1-3H2;6-7H,1-2H2;3H2. The maximum atomic E-state index is 10.0. The van der Waals surface area contributed by atoms with E-state index in [0.29, 0.717) is 5.08 Å². The van der Waals surface area contributed by atoms with Gasteiger partial charge in [-0.3, -0.25) is 20.2 Å². The molecule has 5 N–H and O–H groups in total. The minimum absolute atomic E-state index is 0.549. The molecule has 16 heteroatoms. The summed E-state index contributed by atoms with van der Waals surface area (Å²) in [5.74, 6) is 0. The van der Waals surface area contributed by atoms with E-state index in [-0.39, 0.29) is 0 Å². The van der Waals surface area contributed by atoms with Crippen molar-refractivity contribution in [2.24, 2.45) is 0 Å². The third-order valence-electron chi connectivity index (χ3n) is 2.33. The second kappa shape index (κ2) is 17.2. The molecule has 150 valence electrons. The van der Waals surface area contributed by atoms with Gasteiger partial charge in [0.25, 0.3) is 5.54 Å². The molecular formula is C10H17BrN4O9S2. The lowest BCUT2D eigenvalue weighted by Gasteiger charge is -2.16. The Hall–Kier alpha value is -1.24. The summed E-state index contributed by atoms with van der Waals surface area (Å²) < 4.78 is -1.77. The average Bonchev–Trinajstić information content (AvgIpc) is 2.64. The Labute approximate surface area is 164 Å². The summed E-state index contributed by atoms with van der Waals surface area (Å²) in [5.41, 5.74) is -1.99. The van der Waals surface area contributed by atoms with Crippen LogP contribution in [0.1, 0.15) is 0 Å². The van der Waals surface area contributed by atoms with Crippen molar-refractivity contribution in [1.82, 2.24) is 0 Å². The van der Waals surface area contributed by atoms with Crippen molar-refractivity contribution < 1.29 is 35.4 Å². The van der Waals surface area contributed by atoms with Gasteiger partial charge in [0.1, 0.15) is 43.8 Å². The van der Waals surface area contributed by atoms with Crippen molar-refractivity contribution in [2.45, 2.75) is 9.99 Å². The third-order valence-corrected chi connectivity index (χ3v) is 4.32. The quantitative estimate of drug-likeness (QED) is 0.0490. The summed E-state index contributed by atoms with van der Waals surface area (Å²) in [6.45, 7) is -4.06. The molecule has 0 spiro atoms. The monoisotopic (exact) mass is 480 g/mol. The summed E-state index contributed by atoms with van der Waals surface area (Å²) >= 11 is 4.71. The molecule has 0 bridgehead atoms. The minimum atomic E-state index is -1.99. The molecule has 0 atom stereocenters. The van der Waals surface area contributed by atoms with Crippen molar-refractivity contribution in [3.05, 3.63) is 20.2 Å². The van der Waals surface area contributed by atoms with E-state index in [4.69, 9.17) is 36.1 Å². The number of thioether (sulfide) groups is 2. The first-order valence-electron chi connectivity index (χ1n) is 6.15. The van der Waals surface area contributed by atoms with E-state index in [0.717, 1.165) is 23.5 Å². The lowest BCUT2D eigenvalue weighted by molar-refractivity contribution is -0.580. The number of thiocyanates is 2. The third kappa shape index (κ3) is 12.2. The number of aliphatic hydroxyl groups excluding tert-OH is 5. The van der Waals surface area contributed by atoms with Crippen LogP contribution in [0.3, 0.4) is 0 Å². The van der Waals surface area contributed by atoms with Gasteiger partial charge in [0.15, 0.2) is 0 Å². The molecule has 0 aliphatic carbocycles. The Kier molecular flexibility index (Phi) is 19.5. The molecule has 0 aliphatic heterocycles. The van der Waals surface area contributed by atoms with Gasteiger partial charge in [-0.15, -0.1) is 0 Å². The molecule has 0 radical (unpaired) electrons. The maximum absolute atomic E-state index is 10.0. The Morgan fingerprint density at radius 1 is 0.846 bits per heavy atom. The van der Waals surface area contributed by atoms with Gasteiger partial charge in [0.2, 0.25) is 0 Å². The molecule has 0 heterocycles. The van der Waals surface area contributed by atoms with Crippen LogP contribution in [-0.4, -0.2) is 83.5 Å². The molecule has 26 heavy (non-hydrogen) atoms. The lowest BCUT2D eigenvalue weighted by Crippen LogP contribution is -2.49. The van der Waals surface area contributed by atoms with Crippen molar-refractivity contribution in [2.75, 3.05) is 38.1 Å². The summed E-state index contributed by atoms with van der Waals surface area (Å²) in [6, 6.07) is 0. The highest BCUT2D eigenvalue weighted by Gasteiger charge is 2.41. The van der Waals surface area contributed by atoms with Gasteiger partial charge >= 0.3 is 4.45 Å². The maximum Gasteiger partial charge on any atom is 0.319 e. The first-order valence-corrected chi connectivity index (χ1v) is 8.91. The van der Waals surface area contributed by atoms with Crippen molar-refractivity contribution in [3.63, 3.8) is 0 Å². The molecule has 0 aromatic rings. The fourth-order valence-electron chi connectivity index (χ4n) is 0.571. The fraction of sp³-hybridized carbons (Fsp3) is 0.800. The predicted molar refractivity (Wildman–Crippen MR) is 95.1 cm³/mol. The molecule has 0 aromatic carbocycles. The first kappa shape index (κ1) is 29.5. The van der Waals surface area contributed by atoms with Gasteiger partial charge in [-0.25, -0.2) is 0 Å². The van der Waals surface area contributed by atoms with E-state index < -0.39 is 52.9 Å². The lowest BCUT2D eigenvalue weighted by atomic mass is 10.1. The summed E-state index contributed by atoms with van der Waals surface area (Å²) in [6.07, 6.45) is 0. The topological polar surface area (TPSA) is 235 Å². The van der Waals surface area contributed by atoms with Crippen LogP contribution in [0.4, 0.5) is 0 Å². The van der Waals surface area contributed by atoms with Crippen molar-refractivity contribution >= 4 is 39.5 Å². The Morgan fingerprint density at radius 3 is 1.27 bits per heavy atom. The highest BCUT2D eigenvalue weighted by molar-refractivity contribution is 9.10. The highest BCUT2D eigenvalue weighted by atomic mass is 79.9. The molecule has 0 rings (SSSR count). The Bertz CT molecular complexity index is 470. The molecule has 0 amide bonds. The number of nitrogens with zero attached hydrogens (tertiary/aromatic N) is 4. The largest absolute Gasteiger partial charge is 0.389 e. The second-order valence-corrected chi connectivity index (χ2v) is 7.40. The van der Waals surface area contributed by atoms with Gasteiger partial charge in [0, 0.05) is 25.8 Å². The number of nitro groups is 2. The van der Waals surface area contributed by atoms with Crippen LogP contribution in [0, 0.1) is 41.6 Å². The molecule has 0 aliphatic rings. The summed E-state index contributed by atoms with van der Waals surface area (Å²) in [7, 11) is 0. The highest BCUT2D eigenvalue weighted by Crippen LogP contribution is 2.16. The number of hydrogen-bond acceptors (Lipinski definition) is 13. The van der Waals surface area contributed by atoms with E-state index in [1.807, 2.05) is 10.8 Å². The molecule has 0 fully saturated rings. The van der Waals surface area contributed by atoms with Gasteiger partial charge in [0.05, 0.1) is 5.08 Å². The number of aliphatic hydroxyl groups is 5. The Morgan fingerprint density at radius 2 is 1.19 bits per heavy atom. The normalized spacial score (nSPS) is 10.2. The number of hydrogen-bond donors (Lipinski definition) is 5. The number of rotatable bonds is 9. The van der Waals surface area contributed by atoms with E-state index in [1.165, 1.54) is 0 Å². The van der Waals surface area contributed by atoms with Gasteiger partial charge < -0.3 is 25.5 Å². The average molecular weight is 481 g/mol.